The van der Waals surface area contributed by atoms with Crippen LogP contribution in [0.4, 0.5) is 0 Å². The molecular formula is C14H11BrO2. The molecule has 2 nitrogen and oxygen atoms in total. The Labute approximate surface area is 108 Å². The summed E-state index contributed by atoms with van der Waals surface area (Å²) in [5.41, 5.74) is 1.81. The van der Waals surface area contributed by atoms with Crippen LogP contribution in [0.15, 0.2) is 46.9 Å². The summed E-state index contributed by atoms with van der Waals surface area (Å²) < 4.78 is 1.03. The van der Waals surface area contributed by atoms with E-state index >= 15 is 0 Å². The Morgan fingerprint density at radius 2 is 1.29 bits per heavy atom. The first kappa shape index (κ1) is 11.7. The third kappa shape index (κ3) is 3.36. The topological polar surface area (TPSA) is 40.5 Å². The number of phenols is 2. The van der Waals surface area contributed by atoms with E-state index in [0.29, 0.717) is 0 Å². The highest BCUT2D eigenvalue weighted by Crippen LogP contribution is 2.22. The number of rotatable bonds is 2. The molecule has 0 spiro atoms. The van der Waals surface area contributed by atoms with Gasteiger partial charge in [0.05, 0.1) is 0 Å². The first-order chi connectivity index (χ1) is 8.13. The van der Waals surface area contributed by atoms with E-state index in [9.17, 15) is 10.2 Å². The summed E-state index contributed by atoms with van der Waals surface area (Å²) in [5, 5.41) is 18.7. The molecule has 0 fully saturated rings. The summed E-state index contributed by atoms with van der Waals surface area (Å²) in [6.07, 6.45) is 3.75. The second-order valence-corrected chi connectivity index (χ2v) is 4.58. The molecule has 86 valence electrons. The van der Waals surface area contributed by atoms with E-state index in [1.165, 1.54) is 6.07 Å². The standard InChI is InChI=1S/C14H11BrO2/c15-12-5-3-10(4-6-12)1-2-11-7-13(16)9-14(17)8-11/h1-9,16-17H. The number of aromatic hydroxyl groups is 2. The second kappa shape index (κ2) is 5.06. The molecule has 0 heterocycles. The molecule has 0 bridgehead atoms. The van der Waals surface area contributed by atoms with Crippen LogP contribution in [0.1, 0.15) is 11.1 Å². The van der Waals surface area contributed by atoms with E-state index in [2.05, 4.69) is 15.9 Å². The summed E-state index contributed by atoms with van der Waals surface area (Å²) in [6.45, 7) is 0. The average Bonchev–Trinajstić information content (AvgIpc) is 2.27. The molecule has 0 radical (unpaired) electrons. The monoisotopic (exact) mass is 290 g/mol. The van der Waals surface area contributed by atoms with Crippen LogP contribution in [0, 0.1) is 0 Å². The Bertz CT molecular complexity index is 524. The number of halogens is 1. The lowest BCUT2D eigenvalue weighted by atomic mass is 10.1. The number of hydrogen-bond donors (Lipinski definition) is 2. The van der Waals surface area contributed by atoms with Crippen molar-refractivity contribution in [3.63, 3.8) is 0 Å². The van der Waals surface area contributed by atoms with Crippen molar-refractivity contribution in [3.8, 4) is 11.5 Å². The summed E-state index contributed by atoms with van der Waals surface area (Å²) in [4.78, 5) is 0. The molecule has 2 aromatic rings. The molecule has 2 N–H and O–H groups in total. The summed E-state index contributed by atoms with van der Waals surface area (Å²) >= 11 is 3.37. The second-order valence-electron chi connectivity index (χ2n) is 3.67. The third-order valence-electron chi connectivity index (χ3n) is 2.26. The Balaban J connectivity index is 2.22. The molecule has 0 saturated carbocycles. The fourth-order valence-electron chi connectivity index (χ4n) is 1.48. The van der Waals surface area contributed by atoms with Crippen LogP contribution in [0.5, 0.6) is 11.5 Å². The minimum Gasteiger partial charge on any atom is -0.508 e. The molecule has 0 unspecified atom stereocenters. The summed E-state index contributed by atoms with van der Waals surface area (Å²) in [7, 11) is 0. The Hall–Kier alpha value is -1.74. The lowest BCUT2D eigenvalue weighted by molar-refractivity contribution is 0.450. The van der Waals surface area contributed by atoms with E-state index in [-0.39, 0.29) is 11.5 Å². The van der Waals surface area contributed by atoms with Gasteiger partial charge in [-0.1, -0.05) is 40.2 Å². The van der Waals surface area contributed by atoms with Crippen LogP contribution >= 0.6 is 15.9 Å². The van der Waals surface area contributed by atoms with Crippen molar-refractivity contribution in [2.45, 2.75) is 0 Å². The zero-order valence-electron chi connectivity index (χ0n) is 8.97. The van der Waals surface area contributed by atoms with Gasteiger partial charge < -0.3 is 10.2 Å². The molecule has 0 aliphatic heterocycles. The lowest BCUT2D eigenvalue weighted by Crippen LogP contribution is -1.74. The number of benzene rings is 2. The maximum atomic E-state index is 9.33. The van der Waals surface area contributed by atoms with Gasteiger partial charge in [0, 0.05) is 10.5 Å². The van der Waals surface area contributed by atoms with Crippen molar-refractivity contribution in [1.29, 1.82) is 0 Å². The maximum absolute atomic E-state index is 9.33. The van der Waals surface area contributed by atoms with E-state index < -0.39 is 0 Å². The van der Waals surface area contributed by atoms with Gasteiger partial charge in [0.1, 0.15) is 11.5 Å². The number of hydrogen-bond acceptors (Lipinski definition) is 2. The minimum atomic E-state index is 0.0560. The first-order valence-corrected chi connectivity index (χ1v) is 5.89. The van der Waals surface area contributed by atoms with Gasteiger partial charge in [0.15, 0.2) is 0 Å². The van der Waals surface area contributed by atoms with E-state index in [4.69, 9.17) is 0 Å². The van der Waals surface area contributed by atoms with E-state index in [1.54, 1.807) is 12.1 Å². The van der Waals surface area contributed by atoms with Crippen molar-refractivity contribution in [3.05, 3.63) is 58.1 Å². The van der Waals surface area contributed by atoms with Crippen LogP contribution < -0.4 is 0 Å². The molecule has 0 amide bonds. The zero-order valence-corrected chi connectivity index (χ0v) is 10.6. The predicted octanol–water partition coefficient (Wildman–Crippen LogP) is 4.03. The summed E-state index contributed by atoms with van der Waals surface area (Å²) in [5.74, 6) is 0.112. The molecule has 17 heavy (non-hydrogen) atoms. The Kier molecular flexibility index (Phi) is 3.49. The molecular weight excluding hydrogens is 280 g/mol. The molecule has 0 aliphatic carbocycles. The highest BCUT2D eigenvalue weighted by atomic mass is 79.9. The molecule has 0 atom stereocenters. The highest BCUT2D eigenvalue weighted by Gasteiger charge is 1.95. The Morgan fingerprint density at radius 1 is 0.765 bits per heavy atom. The average molecular weight is 291 g/mol. The van der Waals surface area contributed by atoms with Gasteiger partial charge in [0.25, 0.3) is 0 Å². The fraction of sp³-hybridized carbons (Fsp3) is 0. The third-order valence-corrected chi connectivity index (χ3v) is 2.79. The van der Waals surface area contributed by atoms with Crippen molar-refractivity contribution in [2.24, 2.45) is 0 Å². The molecule has 3 heteroatoms. The lowest BCUT2D eigenvalue weighted by Gasteiger charge is -1.98. The van der Waals surface area contributed by atoms with E-state index in [0.717, 1.165) is 15.6 Å². The van der Waals surface area contributed by atoms with Crippen molar-refractivity contribution in [2.75, 3.05) is 0 Å². The molecule has 0 saturated heterocycles. The normalized spacial score (nSPS) is 10.9. The smallest absolute Gasteiger partial charge is 0.119 e. The largest absolute Gasteiger partial charge is 0.508 e. The van der Waals surface area contributed by atoms with Gasteiger partial charge in [-0.05, 0) is 35.4 Å². The highest BCUT2D eigenvalue weighted by molar-refractivity contribution is 9.10. The predicted molar refractivity (Wildman–Crippen MR) is 72.8 cm³/mol. The van der Waals surface area contributed by atoms with Gasteiger partial charge in [-0.2, -0.15) is 0 Å². The number of phenolic OH excluding ortho intramolecular Hbond substituents is 2. The molecule has 0 aliphatic rings. The molecule has 0 aromatic heterocycles. The van der Waals surface area contributed by atoms with Crippen LogP contribution in [0.25, 0.3) is 12.2 Å². The van der Waals surface area contributed by atoms with Gasteiger partial charge >= 0.3 is 0 Å². The van der Waals surface area contributed by atoms with Crippen LogP contribution in [0.3, 0.4) is 0 Å². The van der Waals surface area contributed by atoms with Crippen molar-refractivity contribution >= 4 is 28.1 Å². The Morgan fingerprint density at radius 3 is 1.88 bits per heavy atom. The SMILES string of the molecule is Oc1cc(O)cc(C=Cc2ccc(Br)cc2)c1. The maximum Gasteiger partial charge on any atom is 0.119 e. The van der Waals surface area contributed by atoms with E-state index in [1.807, 2.05) is 36.4 Å². The van der Waals surface area contributed by atoms with Crippen molar-refractivity contribution in [1.82, 2.24) is 0 Å². The van der Waals surface area contributed by atoms with Gasteiger partial charge in [-0.15, -0.1) is 0 Å². The zero-order chi connectivity index (χ0) is 12.3. The minimum absolute atomic E-state index is 0.0560. The van der Waals surface area contributed by atoms with Gasteiger partial charge in [0.2, 0.25) is 0 Å². The molecule has 2 aromatic carbocycles. The summed E-state index contributed by atoms with van der Waals surface area (Å²) in [6, 6.07) is 12.4. The fourth-order valence-corrected chi connectivity index (χ4v) is 1.74. The van der Waals surface area contributed by atoms with Gasteiger partial charge in [-0.25, -0.2) is 0 Å². The quantitative estimate of drug-likeness (QED) is 0.820. The van der Waals surface area contributed by atoms with Crippen molar-refractivity contribution < 1.29 is 10.2 Å². The molecule has 2 rings (SSSR count). The first-order valence-electron chi connectivity index (χ1n) is 5.10. The van der Waals surface area contributed by atoms with Gasteiger partial charge in [-0.3, -0.25) is 0 Å². The van der Waals surface area contributed by atoms with Crippen LogP contribution in [0.2, 0.25) is 0 Å². The van der Waals surface area contributed by atoms with Crippen LogP contribution in [-0.4, -0.2) is 10.2 Å². The van der Waals surface area contributed by atoms with Crippen LogP contribution in [-0.2, 0) is 0 Å².